The molecule has 1 N–H and O–H groups in total. The number of carbonyl (C=O) groups excluding carboxylic acids is 1. The summed E-state index contributed by atoms with van der Waals surface area (Å²) in [5.41, 5.74) is 0.370. The van der Waals surface area contributed by atoms with Crippen molar-refractivity contribution in [1.82, 2.24) is 5.32 Å². The molecule has 0 aliphatic heterocycles. The summed E-state index contributed by atoms with van der Waals surface area (Å²) in [5, 5.41) is 3.56. The van der Waals surface area contributed by atoms with Gasteiger partial charge in [0.15, 0.2) is 5.78 Å². The maximum atomic E-state index is 13.3. The van der Waals surface area contributed by atoms with E-state index in [2.05, 4.69) is 5.32 Å². The lowest BCUT2D eigenvalue weighted by molar-refractivity contribution is -0.117. The van der Waals surface area contributed by atoms with E-state index in [1.54, 1.807) is 0 Å². The van der Waals surface area contributed by atoms with Crippen LogP contribution < -0.4 is 5.32 Å². The van der Waals surface area contributed by atoms with E-state index in [1.807, 2.05) is 0 Å². The summed E-state index contributed by atoms with van der Waals surface area (Å²) in [5.74, 6) is -0.378. The predicted molar refractivity (Wildman–Crippen MR) is 61.1 cm³/mol. The SMILES string of the molecule is O=C(CNC1CC1)Cc1cc(Cl)ccc1F. The van der Waals surface area contributed by atoms with Crippen molar-refractivity contribution in [3.8, 4) is 0 Å². The number of ketones is 1. The lowest BCUT2D eigenvalue weighted by Crippen LogP contribution is -2.26. The minimum absolute atomic E-state index is 0.00642. The molecule has 0 spiro atoms. The number of carbonyl (C=O) groups is 1. The quantitative estimate of drug-likeness (QED) is 0.858. The lowest BCUT2D eigenvalue weighted by Gasteiger charge is -2.04. The Morgan fingerprint density at radius 2 is 2.25 bits per heavy atom. The molecule has 86 valence electrons. The van der Waals surface area contributed by atoms with Crippen molar-refractivity contribution in [2.45, 2.75) is 25.3 Å². The monoisotopic (exact) mass is 241 g/mol. The Morgan fingerprint density at radius 3 is 2.94 bits per heavy atom. The molecule has 2 nitrogen and oxygen atoms in total. The van der Waals surface area contributed by atoms with Gasteiger partial charge < -0.3 is 5.32 Å². The normalized spacial score (nSPS) is 15.1. The lowest BCUT2D eigenvalue weighted by atomic mass is 10.1. The van der Waals surface area contributed by atoms with Crippen LogP contribution in [-0.2, 0) is 11.2 Å². The highest BCUT2D eigenvalue weighted by molar-refractivity contribution is 6.30. The van der Waals surface area contributed by atoms with E-state index < -0.39 is 0 Å². The van der Waals surface area contributed by atoms with Crippen molar-refractivity contribution < 1.29 is 9.18 Å². The number of benzene rings is 1. The standard InChI is InChI=1S/C12H13ClFNO/c13-9-1-4-12(14)8(5-9)6-11(16)7-15-10-2-3-10/h1,4-5,10,15H,2-3,6-7H2. The molecule has 1 saturated carbocycles. The molecule has 1 aromatic carbocycles. The molecule has 0 bridgehead atoms. The third-order valence-electron chi connectivity index (χ3n) is 2.56. The van der Waals surface area contributed by atoms with Crippen LogP contribution in [0.15, 0.2) is 18.2 Å². The van der Waals surface area contributed by atoms with Gasteiger partial charge in [0.25, 0.3) is 0 Å². The fraction of sp³-hybridized carbons (Fsp3) is 0.417. The van der Waals surface area contributed by atoms with E-state index in [0.29, 0.717) is 23.2 Å². The maximum Gasteiger partial charge on any atom is 0.151 e. The largest absolute Gasteiger partial charge is 0.307 e. The van der Waals surface area contributed by atoms with Crippen LogP contribution in [0.2, 0.25) is 5.02 Å². The van der Waals surface area contributed by atoms with Gasteiger partial charge in [0.05, 0.1) is 6.54 Å². The molecule has 0 saturated heterocycles. The average molecular weight is 242 g/mol. The third-order valence-corrected chi connectivity index (χ3v) is 2.80. The third kappa shape index (κ3) is 3.29. The molecule has 0 radical (unpaired) electrons. The molecule has 1 aliphatic carbocycles. The number of Topliss-reactive ketones (excluding diaryl/α,β-unsaturated/α-hetero) is 1. The minimum Gasteiger partial charge on any atom is -0.307 e. The molecule has 0 aromatic heterocycles. The van der Waals surface area contributed by atoms with Gasteiger partial charge in [0, 0.05) is 17.5 Å². The van der Waals surface area contributed by atoms with Crippen LogP contribution in [-0.4, -0.2) is 18.4 Å². The first-order valence-electron chi connectivity index (χ1n) is 5.34. The van der Waals surface area contributed by atoms with Crippen molar-refractivity contribution in [2.75, 3.05) is 6.54 Å². The van der Waals surface area contributed by atoms with Gasteiger partial charge in [-0.25, -0.2) is 4.39 Å². The fourth-order valence-corrected chi connectivity index (χ4v) is 1.69. The Labute approximate surface area is 98.8 Å². The Kier molecular flexibility index (Phi) is 3.56. The van der Waals surface area contributed by atoms with Crippen LogP contribution in [0, 0.1) is 5.82 Å². The van der Waals surface area contributed by atoms with Crippen LogP contribution in [0.25, 0.3) is 0 Å². The number of halogens is 2. The number of hydrogen-bond donors (Lipinski definition) is 1. The summed E-state index contributed by atoms with van der Waals surface area (Å²) in [6.07, 6.45) is 2.38. The number of hydrogen-bond acceptors (Lipinski definition) is 2. The molecular formula is C12H13ClFNO. The van der Waals surface area contributed by atoms with E-state index in [9.17, 15) is 9.18 Å². The molecule has 1 fully saturated rings. The Morgan fingerprint density at radius 1 is 1.50 bits per heavy atom. The topological polar surface area (TPSA) is 29.1 Å². The summed E-state index contributed by atoms with van der Waals surface area (Å²) in [6, 6.07) is 4.77. The first-order chi connectivity index (χ1) is 7.65. The molecule has 0 heterocycles. The van der Waals surface area contributed by atoms with E-state index >= 15 is 0 Å². The highest BCUT2D eigenvalue weighted by atomic mass is 35.5. The Balaban J connectivity index is 1.91. The summed E-state index contributed by atoms with van der Waals surface area (Å²) < 4.78 is 13.3. The average Bonchev–Trinajstić information content (AvgIpc) is 3.04. The predicted octanol–water partition coefficient (Wildman–Crippen LogP) is 2.34. The van der Waals surface area contributed by atoms with Gasteiger partial charge in [-0.15, -0.1) is 0 Å². The molecule has 2 rings (SSSR count). The van der Waals surface area contributed by atoms with Crippen molar-refractivity contribution in [3.05, 3.63) is 34.6 Å². The summed E-state index contributed by atoms with van der Waals surface area (Å²) in [6.45, 7) is 0.316. The van der Waals surface area contributed by atoms with Gasteiger partial charge in [-0.2, -0.15) is 0 Å². The second-order valence-electron chi connectivity index (χ2n) is 4.11. The summed E-state index contributed by atoms with van der Waals surface area (Å²) in [7, 11) is 0. The van der Waals surface area contributed by atoms with E-state index in [0.717, 1.165) is 12.8 Å². The second kappa shape index (κ2) is 4.93. The van der Waals surface area contributed by atoms with E-state index in [-0.39, 0.29) is 18.0 Å². The zero-order chi connectivity index (χ0) is 11.5. The first-order valence-corrected chi connectivity index (χ1v) is 5.72. The smallest absolute Gasteiger partial charge is 0.151 e. The molecule has 0 amide bonds. The maximum absolute atomic E-state index is 13.3. The number of rotatable bonds is 5. The van der Waals surface area contributed by atoms with E-state index in [4.69, 9.17) is 11.6 Å². The zero-order valence-electron chi connectivity index (χ0n) is 8.80. The van der Waals surface area contributed by atoms with Crippen LogP contribution in [0.1, 0.15) is 18.4 Å². The summed E-state index contributed by atoms with van der Waals surface area (Å²) >= 11 is 5.74. The van der Waals surface area contributed by atoms with E-state index in [1.165, 1.54) is 18.2 Å². The summed E-state index contributed by atoms with van der Waals surface area (Å²) in [4.78, 5) is 11.5. The Bertz CT molecular complexity index is 404. The van der Waals surface area contributed by atoms with Crippen LogP contribution >= 0.6 is 11.6 Å². The molecule has 1 aromatic rings. The van der Waals surface area contributed by atoms with Crippen LogP contribution in [0.3, 0.4) is 0 Å². The molecule has 0 atom stereocenters. The fourth-order valence-electron chi connectivity index (χ4n) is 1.50. The van der Waals surface area contributed by atoms with Crippen LogP contribution in [0.4, 0.5) is 4.39 Å². The van der Waals surface area contributed by atoms with Gasteiger partial charge in [-0.05, 0) is 36.6 Å². The zero-order valence-corrected chi connectivity index (χ0v) is 9.56. The molecule has 4 heteroatoms. The minimum atomic E-state index is -0.371. The Hall–Kier alpha value is -0.930. The molecule has 1 aliphatic rings. The van der Waals surface area contributed by atoms with Gasteiger partial charge in [-0.1, -0.05) is 11.6 Å². The van der Waals surface area contributed by atoms with Gasteiger partial charge >= 0.3 is 0 Å². The van der Waals surface area contributed by atoms with Crippen LogP contribution in [0.5, 0.6) is 0 Å². The second-order valence-corrected chi connectivity index (χ2v) is 4.54. The van der Waals surface area contributed by atoms with Crippen molar-refractivity contribution in [1.29, 1.82) is 0 Å². The molecule has 16 heavy (non-hydrogen) atoms. The first kappa shape index (κ1) is 11.6. The van der Waals surface area contributed by atoms with Gasteiger partial charge in [0.1, 0.15) is 5.82 Å². The molecule has 0 unspecified atom stereocenters. The highest BCUT2D eigenvalue weighted by Gasteiger charge is 2.21. The van der Waals surface area contributed by atoms with Crippen molar-refractivity contribution in [3.63, 3.8) is 0 Å². The van der Waals surface area contributed by atoms with Gasteiger partial charge in [-0.3, -0.25) is 4.79 Å². The highest BCUT2D eigenvalue weighted by Crippen LogP contribution is 2.18. The van der Waals surface area contributed by atoms with Gasteiger partial charge in [0.2, 0.25) is 0 Å². The van der Waals surface area contributed by atoms with Crippen molar-refractivity contribution >= 4 is 17.4 Å². The van der Waals surface area contributed by atoms with Crippen molar-refractivity contribution in [2.24, 2.45) is 0 Å². The molecular weight excluding hydrogens is 229 g/mol. The number of nitrogens with one attached hydrogen (secondary N) is 1.